The van der Waals surface area contributed by atoms with Crippen LogP contribution in [0.5, 0.6) is 0 Å². The Morgan fingerprint density at radius 3 is 2.79 bits per heavy atom. The van der Waals surface area contributed by atoms with Gasteiger partial charge in [-0.2, -0.15) is 0 Å². The van der Waals surface area contributed by atoms with Crippen LogP contribution in [0.25, 0.3) is 11.2 Å². The predicted octanol–water partition coefficient (Wildman–Crippen LogP) is 1.17. The van der Waals surface area contributed by atoms with Crippen LogP contribution in [0.1, 0.15) is 25.1 Å². The van der Waals surface area contributed by atoms with Gasteiger partial charge in [-0.05, 0) is 12.5 Å². The summed E-state index contributed by atoms with van der Waals surface area (Å²) in [4.78, 5) is 35.3. The van der Waals surface area contributed by atoms with Crippen molar-refractivity contribution in [3.8, 4) is 0 Å². The zero-order valence-electron chi connectivity index (χ0n) is 15.4. The summed E-state index contributed by atoms with van der Waals surface area (Å²) in [5.41, 5.74) is 5.44. The number of non-ortho nitro benzene ring substituents is 1. The predicted molar refractivity (Wildman–Crippen MR) is 101 cm³/mol. The lowest BCUT2D eigenvalue weighted by molar-refractivity contribution is -0.384. The molecule has 1 aliphatic rings. The van der Waals surface area contributed by atoms with Crippen LogP contribution in [-0.4, -0.2) is 47.0 Å². The van der Waals surface area contributed by atoms with Gasteiger partial charge in [-0.1, -0.05) is 12.1 Å². The number of imidazole rings is 1. The van der Waals surface area contributed by atoms with E-state index in [-0.39, 0.29) is 24.3 Å². The molecule has 0 amide bonds. The van der Waals surface area contributed by atoms with E-state index >= 15 is 0 Å². The first-order valence-electron chi connectivity index (χ1n) is 8.87. The second-order valence-electron chi connectivity index (χ2n) is 6.97. The number of aromatic nitrogens is 4. The number of aliphatic hydroxyl groups is 1. The summed E-state index contributed by atoms with van der Waals surface area (Å²) >= 11 is 0. The standard InChI is InChI=1S/C18H18N6O5/c1-10-18(26,13(25)6-11-2-4-12(5-3-11)24(27)28)7-14(29-10)23-9-22-15-16(19)20-8-21-17(15)23/h2-5,8-10,14,26H,6-7H2,1H3,(H2,19,20,21)/t10-,14-,18+/m1/s1. The number of anilines is 1. The van der Waals surface area contributed by atoms with Gasteiger partial charge in [-0.15, -0.1) is 0 Å². The summed E-state index contributed by atoms with van der Waals surface area (Å²) in [6, 6.07) is 5.65. The average Bonchev–Trinajstić information content (AvgIpc) is 3.25. The second-order valence-corrected chi connectivity index (χ2v) is 6.97. The molecule has 11 heteroatoms. The highest BCUT2D eigenvalue weighted by Crippen LogP contribution is 2.39. The SMILES string of the molecule is C[C@H]1O[C@@H](n2cnc3c(N)ncnc32)C[C@@]1(O)C(=O)Cc1ccc([N+](=O)[O-])cc1. The number of nitro groups is 1. The number of ether oxygens (including phenoxy) is 1. The molecule has 4 rings (SSSR count). The molecule has 11 nitrogen and oxygen atoms in total. The number of nitro benzene ring substituents is 1. The number of carbonyl (C=O) groups excluding carboxylic acids is 1. The van der Waals surface area contributed by atoms with Gasteiger partial charge in [0, 0.05) is 25.0 Å². The van der Waals surface area contributed by atoms with Crippen LogP contribution < -0.4 is 5.73 Å². The molecular formula is C18H18N6O5. The molecule has 2 aromatic heterocycles. The van der Waals surface area contributed by atoms with Gasteiger partial charge in [-0.25, -0.2) is 15.0 Å². The summed E-state index contributed by atoms with van der Waals surface area (Å²) < 4.78 is 7.45. The Bertz CT molecular complexity index is 1100. The second kappa shape index (κ2) is 6.87. The van der Waals surface area contributed by atoms with Crippen molar-refractivity contribution in [2.45, 2.75) is 37.7 Å². The zero-order chi connectivity index (χ0) is 20.8. The number of ketones is 1. The topological polar surface area (TPSA) is 159 Å². The average molecular weight is 398 g/mol. The van der Waals surface area contributed by atoms with Gasteiger partial charge in [0.05, 0.1) is 17.4 Å². The number of hydrogen-bond acceptors (Lipinski definition) is 9. The highest BCUT2D eigenvalue weighted by Gasteiger charge is 2.50. The van der Waals surface area contributed by atoms with Crippen molar-refractivity contribution >= 4 is 28.5 Å². The summed E-state index contributed by atoms with van der Waals surface area (Å²) in [6.07, 6.45) is 1.30. The molecule has 0 aliphatic carbocycles. The van der Waals surface area contributed by atoms with Crippen LogP contribution in [0.3, 0.4) is 0 Å². The third-order valence-electron chi connectivity index (χ3n) is 5.21. The van der Waals surface area contributed by atoms with E-state index < -0.39 is 28.6 Å². The molecule has 150 valence electrons. The van der Waals surface area contributed by atoms with Gasteiger partial charge in [0.15, 0.2) is 22.8 Å². The molecule has 3 heterocycles. The van der Waals surface area contributed by atoms with Crippen molar-refractivity contribution in [1.29, 1.82) is 0 Å². The maximum atomic E-state index is 12.9. The first-order chi connectivity index (χ1) is 13.8. The summed E-state index contributed by atoms with van der Waals surface area (Å²) in [5.74, 6) is -0.204. The number of carbonyl (C=O) groups is 1. The first-order valence-corrected chi connectivity index (χ1v) is 8.87. The summed E-state index contributed by atoms with van der Waals surface area (Å²) in [7, 11) is 0. The molecule has 3 N–H and O–H groups in total. The highest BCUT2D eigenvalue weighted by atomic mass is 16.6. The van der Waals surface area contributed by atoms with Gasteiger partial charge >= 0.3 is 0 Å². The Hall–Kier alpha value is -3.44. The van der Waals surface area contributed by atoms with Crippen LogP contribution in [0, 0.1) is 10.1 Å². The molecule has 3 atom stereocenters. The van der Waals surface area contributed by atoms with E-state index in [2.05, 4.69) is 15.0 Å². The molecule has 1 saturated heterocycles. The van der Waals surface area contributed by atoms with Crippen LogP contribution in [0.2, 0.25) is 0 Å². The Balaban J connectivity index is 1.55. The number of hydrogen-bond donors (Lipinski definition) is 2. The van der Waals surface area contributed by atoms with Crippen LogP contribution >= 0.6 is 0 Å². The molecule has 3 aromatic rings. The fraction of sp³-hybridized carbons (Fsp3) is 0.333. The van der Waals surface area contributed by atoms with Crippen LogP contribution in [-0.2, 0) is 16.0 Å². The Morgan fingerprint density at radius 1 is 1.38 bits per heavy atom. The Kier molecular flexibility index (Phi) is 4.47. The minimum Gasteiger partial charge on any atom is -0.382 e. The zero-order valence-corrected chi connectivity index (χ0v) is 15.4. The molecule has 29 heavy (non-hydrogen) atoms. The molecule has 0 bridgehead atoms. The first kappa shape index (κ1) is 18.9. The van der Waals surface area contributed by atoms with E-state index in [0.717, 1.165) is 0 Å². The normalized spacial score (nSPS) is 24.1. The number of nitrogens with zero attached hydrogens (tertiary/aromatic N) is 5. The number of nitrogens with two attached hydrogens (primary N) is 1. The van der Waals surface area contributed by atoms with E-state index in [4.69, 9.17) is 10.5 Å². The molecular weight excluding hydrogens is 380 g/mol. The maximum absolute atomic E-state index is 12.9. The maximum Gasteiger partial charge on any atom is 0.269 e. The number of benzene rings is 1. The van der Waals surface area contributed by atoms with Gasteiger partial charge in [-0.3, -0.25) is 19.5 Å². The smallest absolute Gasteiger partial charge is 0.269 e. The van der Waals surface area contributed by atoms with Gasteiger partial charge in [0.2, 0.25) is 0 Å². The molecule has 1 aromatic carbocycles. The van der Waals surface area contributed by atoms with Crippen molar-refractivity contribution in [3.05, 3.63) is 52.6 Å². The number of nitrogen functional groups attached to an aromatic ring is 1. The molecule has 1 aliphatic heterocycles. The van der Waals surface area contributed by atoms with Crippen LogP contribution in [0.15, 0.2) is 36.9 Å². The van der Waals surface area contributed by atoms with Crippen molar-refractivity contribution in [3.63, 3.8) is 0 Å². The highest BCUT2D eigenvalue weighted by molar-refractivity contribution is 5.90. The third-order valence-corrected chi connectivity index (χ3v) is 5.21. The van der Waals surface area contributed by atoms with E-state index in [1.54, 1.807) is 11.5 Å². The van der Waals surface area contributed by atoms with E-state index in [1.165, 1.54) is 36.9 Å². The minimum atomic E-state index is -1.72. The largest absolute Gasteiger partial charge is 0.382 e. The molecule has 0 saturated carbocycles. The lowest BCUT2D eigenvalue weighted by Gasteiger charge is -2.23. The molecule has 0 unspecified atom stereocenters. The molecule has 0 radical (unpaired) electrons. The van der Waals surface area contributed by atoms with Gasteiger partial charge in [0.25, 0.3) is 5.69 Å². The van der Waals surface area contributed by atoms with Gasteiger partial charge in [0.1, 0.15) is 18.1 Å². The van der Waals surface area contributed by atoms with Crippen LogP contribution in [0.4, 0.5) is 11.5 Å². The van der Waals surface area contributed by atoms with Crippen molar-refractivity contribution < 1.29 is 19.6 Å². The van der Waals surface area contributed by atoms with Crippen molar-refractivity contribution in [2.75, 3.05) is 5.73 Å². The Morgan fingerprint density at radius 2 is 2.10 bits per heavy atom. The van der Waals surface area contributed by atoms with E-state index in [0.29, 0.717) is 16.7 Å². The number of Topliss-reactive ketones (excluding diaryl/α,β-unsaturated/α-hetero) is 1. The lowest BCUT2D eigenvalue weighted by Crippen LogP contribution is -2.45. The lowest BCUT2D eigenvalue weighted by atomic mass is 9.87. The minimum absolute atomic E-state index is 0.00927. The van der Waals surface area contributed by atoms with E-state index in [9.17, 15) is 20.0 Å². The quantitative estimate of drug-likeness (QED) is 0.475. The van der Waals surface area contributed by atoms with Crippen molar-refractivity contribution in [2.24, 2.45) is 0 Å². The fourth-order valence-electron chi connectivity index (χ4n) is 3.49. The fourth-order valence-corrected chi connectivity index (χ4v) is 3.49. The summed E-state index contributed by atoms with van der Waals surface area (Å²) in [6.45, 7) is 1.62. The molecule has 0 spiro atoms. The van der Waals surface area contributed by atoms with Gasteiger partial charge < -0.3 is 15.6 Å². The third kappa shape index (κ3) is 3.19. The van der Waals surface area contributed by atoms with E-state index in [1.807, 2.05) is 0 Å². The monoisotopic (exact) mass is 398 g/mol. The Labute approximate surface area is 164 Å². The number of fused-ring (bicyclic) bond motifs is 1. The number of rotatable bonds is 5. The molecule has 1 fully saturated rings. The van der Waals surface area contributed by atoms with Crippen molar-refractivity contribution in [1.82, 2.24) is 19.5 Å². The summed E-state index contributed by atoms with van der Waals surface area (Å²) in [5, 5.41) is 21.8.